The number of halogens is 3. The fourth-order valence-corrected chi connectivity index (χ4v) is 1.90. The van der Waals surface area contributed by atoms with Crippen molar-refractivity contribution >= 4 is 34.8 Å². The Morgan fingerprint density at radius 3 is 2.36 bits per heavy atom. The first-order valence-corrected chi connectivity index (χ1v) is 4.97. The molecule has 72 valence electrons. The van der Waals surface area contributed by atoms with Crippen LogP contribution in [0.3, 0.4) is 0 Å². The van der Waals surface area contributed by atoms with E-state index < -0.39 is 0 Å². The maximum Gasteiger partial charge on any atom is 0.0701 e. The van der Waals surface area contributed by atoms with E-state index in [1.54, 1.807) is 24.4 Å². The van der Waals surface area contributed by atoms with Gasteiger partial charge in [0.05, 0.1) is 20.8 Å². The molecule has 0 bridgehead atoms. The molecule has 2 rings (SSSR count). The van der Waals surface area contributed by atoms with Gasteiger partial charge < -0.3 is 0 Å². The molecule has 1 aromatic heterocycles. The smallest absolute Gasteiger partial charge is 0.0701 e. The first kappa shape index (κ1) is 9.84. The van der Waals surface area contributed by atoms with Crippen molar-refractivity contribution in [3.63, 3.8) is 0 Å². The molecule has 0 radical (unpaired) electrons. The summed E-state index contributed by atoms with van der Waals surface area (Å²) < 4.78 is 0. The summed E-state index contributed by atoms with van der Waals surface area (Å²) in [6, 6.07) is 5.14. The molecule has 0 unspecified atom stereocenters. The number of hydrogen-bond donors (Lipinski definition) is 1. The molecule has 0 aliphatic carbocycles. The van der Waals surface area contributed by atoms with Crippen molar-refractivity contribution in [1.82, 2.24) is 10.2 Å². The van der Waals surface area contributed by atoms with Crippen LogP contribution in [0.5, 0.6) is 0 Å². The van der Waals surface area contributed by atoms with E-state index in [1.807, 2.05) is 0 Å². The van der Waals surface area contributed by atoms with Crippen molar-refractivity contribution in [1.29, 1.82) is 0 Å². The molecular weight excluding hydrogens is 242 g/mol. The number of hydrogen-bond acceptors (Lipinski definition) is 1. The molecular formula is C9H5Cl3N2. The minimum atomic E-state index is 0.434. The van der Waals surface area contributed by atoms with Crippen molar-refractivity contribution in [2.75, 3.05) is 0 Å². The van der Waals surface area contributed by atoms with Crippen LogP contribution in [0.4, 0.5) is 0 Å². The van der Waals surface area contributed by atoms with Gasteiger partial charge in [-0.2, -0.15) is 5.10 Å². The van der Waals surface area contributed by atoms with Crippen molar-refractivity contribution < 1.29 is 0 Å². The summed E-state index contributed by atoms with van der Waals surface area (Å²) in [4.78, 5) is 0. The number of aromatic amines is 1. The summed E-state index contributed by atoms with van der Waals surface area (Å²) in [7, 11) is 0. The van der Waals surface area contributed by atoms with Gasteiger partial charge in [-0.05, 0) is 18.2 Å². The Morgan fingerprint density at radius 2 is 1.71 bits per heavy atom. The van der Waals surface area contributed by atoms with Crippen LogP contribution in [0.2, 0.25) is 15.1 Å². The second-order valence-electron chi connectivity index (χ2n) is 2.69. The summed E-state index contributed by atoms with van der Waals surface area (Å²) in [6.07, 6.45) is 1.63. The minimum absolute atomic E-state index is 0.434. The Hall–Kier alpha value is -0.700. The van der Waals surface area contributed by atoms with Crippen molar-refractivity contribution in [3.05, 3.63) is 39.5 Å². The first-order valence-electron chi connectivity index (χ1n) is 3.83. The van der Waals surface area contributed by atoms with Gasteiger partial charge >= 0.3 is 0 Å². The zero-order chi connectivity index (χ0) is 10.1. The van der Waals surface area contributed by atoms with Gasteiger partial charge in [0.15, 0.2) is 0 Å². The zero-order valence-electron chi connectivity index (χ0n) is 6.89. The lowest BCUT2D eigenvalue weighted by Crippen LogP contribution is -1.83. The third kappa shape index (κ3) is 1.61. The summed E-state index contributed by atoms with van der Waals surface area (Å²) in [5.41, 5.74) is 1.43. The molecule has 0 aliphatic rings. The molecule has 14 heavy (non-hydrogen) atoms. The standard InChI is InChI=1S/C9H5Cl3N2/c10-5-1-2-6(11)9(12)8(5)7-3-4-13-14-7/h1-4H,(H,13,14). The Morgan fingerprint density at radius 1 is 1.00 bits per heavy atom. The highest BCUT2D eigenvalue weighted by Gasteiger charge is 2.12. The van der Waals surface area contributed by atoms with E-state index in [1.165, 1.54) is 0 Å². The van der Waals surface area contributed by atoms with Gasteiger partial charge in [-0.1, -0.05) is 34.8 Å². The molecule has 2 nitrogen and oxygen atoms in total. The van der Waals surface area contributed by atoms with Crippen LogP contribution >= 0.6 is 34.8 Å². The van der Waals surface area contributed by atoms with E-state index in [9.17, 15) is 0 Å². The topological polar surface area (TPSA) is 28.7 Å². The van der Waals surface area contributed by atoms with Crippen LogP contribution in [-0.4, -0.2) is 10.2 Å². The largest absolute Gasteiger partial charge is 0.278 e. The average Bonchev–Trinajstić information content (AvgIpc) is 2.65. The fourth-order valence-electron chi connectivity index (χ4n) is 1.17. The van der Waals surface area contributed by atoms with Crippen molar-refractivity contribution in [3.8, 4) is 11.3 Å². The molecule has 1 N–H and O–H groups in total. The van der Waals surface area contributed by atoms with E-state index in [0.29, 0.717) is 20.6 Å². The molecule has 1 heterocycles. The van der Waals surface area contributed by atoms with E-state index in [-0.39, 0.29) is 0 Å². The van der Waals surface area contributed by atoms with Crippen LogP contribution in [0.25, 0.3) is 11.3 Å². The van der Waals surface area contributed by atoms with Crippen molar-refractivity contribution in [2.24, 2.45) is 0 Å². The van der Waals surface area contributed by atoms with Crippen LogP contribution in [0, 0.1) is 0 Å². The Bertz CT molecular complexity index is 451. The van der Waals surface area contributed by atoms with Gasteiger partial charge in [0.1, 0.15) is 0 Å². The molecule has 0 atom stereocenters. The molecule has 0 aliphatic heterocycles. The lowest BCUT2D eigenvalue weighted by Gasteiger charge is -2.05. The number of H-pyrrole nitrogens is 1. The van der Waals surface area contributed by atoms with Gasteiger partial charge in [-0.15, -0.1) is 0 Å². The highest BCUT2D eigenvalue weighted by Crippen LogP contribution is 2.37. The Labute approximate surface area is 95.8 Å². The second-order valence-corrected chi connectivity index (χ2v) is 3.88. The van der Waals surface area contributed by atoms with Crippen LogP contribution in [0.15, 0.2) is 24.4 Å². The maximum absolute atomic E-state index is 6.03. The van der Waals surface area contributed by atoms with E-state index in [0.717, 1.165) is 5.69 Å². The SMILES string of the molecule is Clc1ccc(Cl)c(-c2ccn[nH]2)c1Cl. The summed E-state index contributed by atoms with van der Waals surface area (Å²) in [6.45, 7) is 0. The van der Waals surface area contributed by atoms with Gasteiger partial charge in [0, 0.05) is 11.8 Å². The molecule has 0 amide bonds. The second kappa shape index (κ2) is 3.81. The number of benzene rings is 1. The van der Waals surface area contributed by atoms with E-state index >= 15 is 0 Å². The summed E-state index contributed by atoms with van der Waals surface area (Å²) >= 11 is 17.9. The fraction of sp³-hybridized carbons (Fsp3) is 0. The van der Waals surface area contributed by atoms with Crippen LogP contribution in [-0.2, 0) is 0 Å². The van der Waals surface area contributed by atoms with Gasteiger partial charge in [0.2, 0.25) is 0 Å². The number of nitrogens with zero attached hydrogens (tertiary/aromatic N) is 1. The van der Waals surface area contributed by atoms with Gasteiger partial charge in [-0.25, -0.2) is 0 Å². The van der Waals surface area contributed by atoms with E-state index in [4.69, 9.17) is 34.8 Å². The quantitative estimate of drug-likeness (QED) is 0.757. The maximum atomic E-state index is 6.03. The molecule has 2 aromatic rings. The molecule has 0 saturated carbocycles. The molecule has 0 fully saturated rings. The molecule has 0 spiro atoms. The average molecular weight is 248 g/mol. The Kier molecular flexibility index (Phi) is 2.68. The van der Waals surface area contributed by atoms with Gasteiger partial charge in [0.25, 0.3) is 0 Å². The third-order valence-corrected chi connectivity index (χ3v) is 2.93. The zero-order valence-corrected chi connectivity index (χ0v) is 9.16. The molecule has 5 heteroatoms. The van der Waals surface area contributed by atoms with Crippen LogP contribution < -0.4 is 0 Å². The monoisotopic (exact) mass is 246 g/mol. The third-order valence-electron chi connectivity index (χ3n) is 1.81. The predicted octanol–water partition coefficient (Wildman–Crippen LogP) is 4.04. The number of rotatable bonds is 1. The van der Waals surface area contributed by atoms with Crippen molar-refractivity contribution in [2.45, 2.75) is 0 Å². The number of nitrogens with one attached hydrogen (secondary N) is 1. The summed E-state index contributed by atoms with van der Waals surface area (Å²) in [5, 5.41) is 8.06. The Balaban J connectivity index is 2.69. The first-order chi connectivity index (χ1) is 6.70. The predicted molar refractivity (Wildman–Crippen MR) is 59.1 cm³/mol. The lowest BCUT2D eigenvalue weighted by atomic mass is 10.1. The molecule has 1 aromatic carbocycles. The normalized spacial score (nSPS) is 10.5. The molecule has 0 saturated heterocycles. The lowest BCUT2D eigenvalue weighted by molar-refractivity contribution is 1.10. The van der Waals surface area contributed by atoms with Gasteiger partial charge in [-0.3, -0.25) is 5.10 Å². The summed E-state index contributed by atoms with van der Waals surface area (Å²) in [5.74, 6) is 0. The minimum Gasteiger partial charge on any atom is -0.278 e. The van der Waals surface area contributed by atoms with Crippen LogP contribution in [0.1, 0.15) is 0 Å². The highest BCUT2D eigenvalue weighted by molar-refractivity contribution is 6.46. The highest BCUT2D eigenvalue weighted by atomic mass is 35.5. The number of aromatic nitrogens is 2. The van der Waals surface area contributed by atoms with E-state index in [2.05, 4.69) is 10.2 Å².